The van der Waals surface area contributed by atoms with Crippen LogP contribution in [0.2, 0.25) is 0 Å². The Balaban J connectivity index is 0.00000392. The average Bonchev–Trinajstić information content (AvgIpc) is 2.62. The summed E-state index contributed by atoms with van der Waals surface area (Å²) in [4.78, 5) is 30.0. The summed E-state index contributed by atoms with van der Waals surface area (Å²) in [6.07, 6.45) is 3.18. The van der Waals surface area contributed by atoms with Gasteiger partial charge in [0.1, 0.15) is 0 Å². The molecular formula is C19H16MnN2O6. The molecule has 0 bridgehead atoms. The van der Waals surface area contributed by atoms with Crippen LogP contribution < -0.4 is 10.2 Å². The molecule has 0 unspecified atom stereocenters. The minimum Gasteiger partial charge on any atom is -0.871 e. The normalized spacial score (nSPS) is 10.9. The molecule has 0 aliphatic rings. The number of rotatable bonds is 8. The van der Waals surface area contributed by atoms with Crippen molar-refractivity contribution in [2.24, 2.45) is 9.98 Å². The van der Waals surface area contributed by atoms with Crippen LogP contribution in [0.25, 0.3) is 0 Å². The maximum Gasteiger partial charge on any atom is 2.00 e. The van der Waals surface area contributed by atoms with Gasteiger partial charge in [-0.25, -0.2) is 9.59 Å². The Morgan fingerprint density at radius 1 is 0.821 bits per heavy atom. The van der Waals surface area contributed by atoms with Crippen LogP contribution in [0.4, 0.5) is 0 Å². The second-order valence-electron chi connectivity index (χ2n) is 5.48. The molecule has 9 heteroatoms. The third-order valence-corrected chi connectivity index (χ3v) is 3.59. The van der Waals surface area contributed by atoms with Crippen molar-refractivity contribution in [2.45, 2.75) is 6.42 Å². The molecule has 1 radical (unpaired) electrons. The first kappa shape index (κ1) is 22.9. The Morgan fingerprint density at radius 2 is 1.21 bits per heavy atom. The Morgan fingerprint density at radius 3 is 1.57 bits per heavy atom. The summed E-state index contributed by atoms with van der Waals surface area (Å²) in [5.74, 6) is -3.75. The number of carboxylic acid groups (broad SMARTS) is 2. The van der Waals surface area contributed by atoms with Gasteiger partial charge in [-0.3, -0.25) is 9.98 Å². The molecule has 0 amide bonds. The van der Waals surface area contributed by atoms with Gasteiger partial charge in [-0.1, -0.05) is 35.8 Å². The molecule has 28 heavy (non-hydrogen) atoms. The largest absolute Gasteiger partial charge is 2.00 e. The van der Waals surface area contributed by atoms with Gasteiger partial charge in [0.05, 0.1) is 11.1 Å². The van der Waals surface area contributed by atoms with Gasteiger partial charge >= 0.3 is 29.0 Å². The summed E-state index contributed by atoms with van der Waals surface area (Å²) in [7, 11) is 0. The molecule has 8 nitrogen and oxygen atoms in total. The van der Waals surface area contributed by atoms with Gasteiger partial charge in [0.2, 0.25) is 0 Å². The minimum atomic E-state index is -1.28. The van der Waals surface area contributed by atoms with Gasteiger partial charge in [0.15, 0.2) is 0 Å². The summed E-state index contributed by atoms with van der Waals surface area (Å²) in [5.41, 5.74) is -0.221. The first-order valence-electron chi connectivity index (χ1n) is 7.98. The monoisotopic (exact) mass is 423 g/mol. The second kappa shape index (κ2) is 10.9. The van der Waals surface area contributed by atoms with Crippen molar-refractivity contribution in [2.75, 3.05) is 13.1 Å². The number of carboxylic acids is 2. The number of carbonyl (C=O) groups is 2. The maximum atomic E-state index is 11.9. The smallest absolute Gasteiger partial charge is 0.871 e. The van der Waals surface area contributed by atoms with Crippen LogP contribution in [0.5, 0.6) is 11.5 Å². The fourth-order valence-electron chi connectivity index (χ4n) is 2.23. The Labute approximate surface area is 171 Å². The zero-order chi connectivity index (χ0) is 19.8. The molecule has 0 spiro atoms. The molecule has 2 aromatic carbocycles. The fraction of sp³-hybridized carbons (Fsp3) is 0.158. The van der Waals surface area contributed by atoms with E-state index in [0.29, 0.717) is 19.5 Å². The van der Waals surface area contributed by atoms with E-state index in [0.717, 1.165) is 0 Å². The van der Waals surface area contributed by atoms with Crippen molar-refractivity contribution in [1.82, 2.24) is 0 Å². The number of nitrogens with zero attached hydrogens (tertiary/aromatic N) is 2. The van der Waals surface area contributed by atoms with Crippen molar-refractivity contribution >= 4 is 24.4 Å². The predicted octanol–water partition coefficient (Wildman–Crippen LogP) is 1.16. The van der Waals surface area contributed by atoms with E-state index >= 15 is 0 Å². The van der Waals surface area contributed by atoms with E-state index in [-0.39, 0.29) is 39.3 Å². The van der Waals surface area contributed by atoms with E-state index in [1.807, 2.05) is 0 Å². The number of hydrogen-bond donors (Lipinski definition) is 2. The van der Waals surface area contributed by atoms with E-state index in [1.165, 1.54) is 48.8 Å². The van der Waals surface area contributed by atoms with Crippen LogP contribution in [-0.4, -0.2) is 47.7 Å². The molecule has 2 aromatic rings. The molecule has 0 atom stereocenters. The Kier molecular flexibility index (Phi) is 8.87. The van der Waals surface area contributed by atoms with Crippen molar-refractivity contribution in [1.29, 1.82) is 0 Å². The predicted molar refractivity (Wildman–Crippen MR) is 95.2 cm³/mol. The summed E-state index contributed by atoms with van der Waals surface area (Å²) in [6, 6.07) is 8.40. The molecule has 145 valence electrons. The average molecular weight is 423 g/mol. The summed E-state index contributed by atoms with van der Waals surface area (Å²) < 4.78 is 0. The van der Waals surface area contributed by atoms with Crippen LogP contribution in [0, 0.1) is 0 Å². The number of aliphatic imine (C=N–C) groups is 2. The fourth-order valence-corrected chi connectivity index (χ4v) is 2.23. The maximum absolute atomic E-state index is 11.9. The number of para-hydroxylation sites is 2. The zero-order valence-corrected chi connectivity index (χ0v) is 15.7. The van der Waals surface area contributed by atoms with Crippen molar-refractivity contribution < 1.29 is 47.1 Å². The molecule has 0 saturated carbocycles. The van der Waals surface area contributed by atoms with Gasteiger partial charge < -0.3 is 20.4 Å². The van der Waals surface area contributed by atoms with Crippen LogP contribution in [0.1, 0.15) is 38.3 Å². The van der Waals surface area contributed by atoms with Gasteiger partial charge in [0, 0.05) is 25.5 Å². The first-order valence-corrected chi connectivity index (χ1v) is 7.98. The topological polar surface area (TPSA) is 145 Å². The molecular weight excluding hydrogens is 407 g/mol. The van der Waals surface area contributed by atoms with Crippen LogP contribution in [-0.2, 0) is 17.1 Å². The van der Waals surface area contributed by atoms with Crippen molar-refractivity contribution in [3.8, 4) is 11.5 Å². The van der Waals surface area contributed by atoms with E-state index in [1.54, 1.807) is 0 Å². The van der Waals surface area contributed by atoms with Gasteiger partial charge in [-0.05, 0) is 29.7 Å². The van der Waals surface area contributed by atoms with E-state index < -0.39 is 23.4 Å². The van der Waals surface area contributed by atoms with Crippen LogP contribution in [0.3, 0.4) is 0 Å². The third-order valence-electron chi connectivity index (χ3n) is 3.59. The standard InChI is InChI=1S/C19H18N2O6.Mn/c22-16-12(4-1-6-14(16)18(24)25)10-20-8-3-9-21-11-13-5-2-7-15(17(13)23)19(26)27;/h1-2,4-7,10-11,22-23H,3,8-9H2,(H,24,25)(H,26,27);/q;+2/p-2. The molecule has 0 aromatic heterocycles. The van der Waals surface area contributed by atoms with Gasteiger partial charge in [-0.15, -0.1) is 0 Å². The molecule has 0 aliphatic heterocycles. The van der Waals surface area contributed by atoms with E-state index in [4.69, 9.17) is 10.2 Å². The number of benzene rings is 2. The summed E-state index contributed by atoms with van der Waals surface area (Å²) >= 11 is 0. The van der Waals surface area contributed by atoms with Crippen molar-refractivity contribution in [3.05, 3.63) is 58.7 Å². The van der Waals surface area contributed by atoms with Crippen molar-refractivity contribution in [3.63, 3.8) is 0 Å². The molecule has 2 N–H and O–H groups in total. The van der Waals surface area contributed by atoms with E-state index in [2.05, 4.69) is 9.98 Å². The van der Waals surface area contributed by atoms with Crippen LogP contribution in [0.15, 0.2) is 46.4 Å². The zero-order valence-electron chi connectivity index (χ0n) is 14.5. The number of hydrogen-bond acceptors (Lipinski definition) is 6. The Bertz CT molecular complexity index is 838. The second-order valence-corrected chi connectivity index (χ2v) is 5.48. The molecule has 0 saturated heterocycles. The SMILES string of the molecule is O=C(O)c1cccc(C=NCCCN=Cc2cccc(C(=O)O)c2[O-])c1[O-].[Mn+2]. The molecule has 2 rings (SSSR count). The van der Waals surface area contributed by atoms with Crippen LogP contribution >= 0.6 is 0 Å². The first-order chi connectivity index (χ1) is 12.9. The number of aromatic carboxylic acids is 2. The van der Waals surface area contributed by atoms with Gasteiger partial charge in [-0.2, -0.15) is 0 Å². The van der Waals surface area contributed by atoms with E-state index in [9.17, 15) is 19.8 Å². The third kappa shape index (κ3) is 5.94. The Hall–Kier alpha value is -3.16. The minimum absolute atomic E-state index is 0. The molecule has 0 heterocycles. The molecule has 0 fully saturated rings. The summed E-state index contributed by atoms with van der Waals surface area (Å²) in [5, 5.41) is 41.6. The van der Waals surface area contributed by atoms with Gasteiger partial charge in [0.25, 0.3) is 0 Å². The summed E-state index contributed by atoms with van der Waals surface area (Å²) in [6.45, 7) is 0.709. The quantitative estimate of drug-likeness (QED) is 0.370. The molecule has 0 aliphatic carbocycles.